The Morgan fingerprint density at radius 2 is 1.27 bits per heavy atom. The van der Waals surface area contributed by atoms with Crippen LogP contribution in [0.4, 0.5) is 0 Å². The molecule has 7 heteroatoms. The first-order chi connectivity index (χ1) is 21.8. The number of ether oxygens (including phenoxy) is 2. The third-order valence-electron chi connectivity index (χ3n) is 9.06. The summed E-state index contributed by atoms with van der Waals surface area (Å²) in [7, 11) is 0. The van der Waals surface area contributed by atoms with Gasteiger partial charge in [-0.3, -0.25) is 14.4 Å². The fourth-order valence-electron chi connectivity index (χ4n) is 6.70. The highest BCUT2D eigenvalue weighted by Crippen LogP contribution is 2.42. The number of Topliss-reactive ketones (excluding diaryl/α,β-unsaturated/α-hetero) is 1. The summed E-state index contributed by atoms with van der Waals surface area (Å²) in [6.07, 6.45) is 3.66. The van der Waals surface area contributed by atoms with Gasteiger partial charge in [0.05, 0.1) is 13.2 Å². The van der Waals surface area contributed by atoms with Crippen molar-refractivity contribution in [3.63, 3.8) is 0 Å². The standard InChI is InChI=1S/C38H47NO6/c1-4-25-37(35(41)44-5-2,36(42)45-6-3)30-21-19-29(20-22-30)34(40)18-13-26-39-27-23-33(24-28-39)38(43,31-14-9-7-10-15-31)32-16-11-8-12-17-32/h7-12,14-17,19-22,33,43H,4-6,13,18,23-28H2,1-3H3. The van der Waals surface area contributed by atoms with Gasteiger partial charge < -0.3 is 19.5 Å². The third kappa shape index (κ3) is 7.54. The van der Waals surface area contributed by atoms with Crippen molar-refractivity contribution in [2.24, 2.45) is 5.92 Å². The van der Waals surface area contributed by atoms with Crippen molar-refractivity contribution in [3.05, 3.63) is 107 Å². The second kappa shape index (κ2) is 16.0. The van der Waals surface area contributed by atoms with E-state index < -0.39 is 23.0 Å². The molecule has 0 saturated carbocycles. The number of aliphatic hydroxyl groups is 1. The Bertz CT molecular complexity index is 1320. The highest BCUT2D eigenvalue weighted by Gasteiger charge is 2.50. The number of ketones is 1. The van der Waals surface area contributed by atoms with Crippen LogP contribution in [0.5, 0.6) is 0 Å². The van der Waals surface area contributed by atoms with Crippen LogP contribution in [-0.4, -0.2) is 60.6 Å². The number of hydrogen-bond acceptors (Lipinski definition) is 7. The molecule has 1 aliphatic rings. The first kappa shape index (κ1) is 34.1. The van der Waals surface area contributed by atoms with E-state index in [1.54, 1.807) is 38.1 Å². The van der Waals surface area contributed by atoms with E-state index in [-0.39, 0.29) is 31.3 Å². The number of piperidine rings is 1. The molecule has 1 fully saturated rings. The van der Waals surface area contributed by atoms with E-state index in [0.717, 1.165) is 50.0 Å². The monoisotopic (exact) mass is 613 g/mol. The van der Waals surface area contributed by atoms with Gasteiger partial charge in [0.1, 0.15) is 5.60 Å². The quantitative estimate of drug-likeness (QED) is 0.119. The van der Waals surface area contributed by atoms with Crippen LogP contribution < -0.4 is 0 Å². The molecule has 0 atom stereocenters. The van der Waals surface area contributed by atoms with E-state index in [1.807, 2.05) is 67.6 Å². The van der Waals surface area contributed by atoms with E-state index >= 15 is 0 Å². The van der Waals surface area contributed by atoms with E-state index in [1.165, 1.54) is 0 Å². The maximum Gasteiger partial charge on any atom is 0.328 e. The van der Waals surface area contributed by atoms with Gasteiger partial charge in [0.2, 0.25) is 0 Å². The van der Waals surface area contributed by atoms with Crippen molar-refractivity contribution >= 4 is 17.7 Å². The summed E-state index contributed by atoms with van der Waals surface area (Å²) in [6, 6.07) is 26.6. The highest BCUT2D eigenvalue weighted by atomic mass is 16.6. The topological polar surface area (TPSA) is 93.1 Å². The molecule has 3 aromatic rings. The van der Waals surface area contributed by atoms with Crippen LogP contribution >= 0.6 is 0 Å². The molecule has 240 valence electrons. The third-order valence-corrected chi connectivity index (χ3v) is 9.06. The molecule has 0 bridgehead atoms. The molecule has 45 heavy (non-hydrogen) atoms. The lowest BCUT2D eigenvalue weighted by atomic mass is 9.72. The SMILES string of the molecule is CCCC(C(=O)OCC)(C(=O)OCC)c1ccc(C(=O)CCCN2CCC(C(O)(c3ccccc3)c3ccccc3)CC2)cc1. The highest BCUT2D eigenvalue weighted by molar-refractivity contribution is 6.06. The first-order valence-electron chi connectivity index (χ1n) is 16.3. The Balaban J connectivity index is 1.36. The summed E-state index contributed by atoms with van der Waals surface area (Å²) >= 11 is 0. The van der Waals surface area contributed by atoms with Crippen molar-refractivity contribution in [2.75, 3.05) is 32.8 Å². The number of nitrogens with zero attached hydrogens (tertiary/aromatic N) is 1. The van der Waals surface area contributed by atoms with Gasteiger partial charge in [-0.1, -0.05) is 98.3 Å². The van der Waals surface area contributed by atoms with Crippen molar-refractivity contribution in [1.29, 1.82) is 0 Å². The summed E-state index contributed by atoms with van der Waals surface area (Å²) < 4.78 is 10.6. The molecule has 0 aromatic heterocycles. The lowest BCUT2D eigenvalue weighted by Crippen LogP contribution is -2.46. The summed E-state index contributed by atoms with van der Waals surface area (Å²) in [4.78, 5) is 41.7. The molecule has 1 aliphatic heterocycles. The number of hydrogen-bond donors (Lipinski definition) is 1. The zero-order valence-corrected chi connectivity index (χ0v) is 26.9. The largest absolute Gasteiger partial charge is 0.465 e. The van der Waals surface area contributed by atoms with Crippen LogP contribution in [0.3, 0.4) is 0 Å². The maximum atomic E-state index is 13.1. The van der Waals surface area contributed by atoms with Crippen molar-refractivity contribution in [3.8, 4) is 0 Å². The van der Waals surface area contributed by atoms with Gasteiger partial charge in [0, 0.05) is 12.0 Å². The molecule has 1 heterocycles. The Morgan fingerprint density at radius 3 is 1.73 bits per heavy atom. The van der Waals surface area contributed by atoms with E-state index in [4.69, 9.17) is 9.47 Å². The predicted molar refractivity (Wildman–Crippen MR) is 175 cm³/mol. The number of rotatable bonds is 15. The van der Waals surface area contributed by atoms with E-state index in [2.05, 4.69) is 4.90 Å². The number of benzene rings is 3. The lowest BCUT2D eigenvalue weighted by Gasteiger charge is -2.42. The molecule has 0 radical (unpaired) electrons. The van der Waals surface area contributed by atoms with Gasteiger partial charge in [-0.15, -0.1) is 0 Å². The lowest BCUT2D eigenvalue weighted by molar-refractivity contribution is -0.165. The summed E-state index contributed by atoms with van der Waals surface area (Å²) in [5, 5.41) is 12.1. The zero-order valence-electron chi connectivity index (χ0n) is 26.9. The molecule has 0 amide bonds. The molecule has 0 aliphatic carbocycles. The number of esters is 2. The van der Waals surface area contributed by atoms with Crippen LogP contribution in [-0.2, 0) is 30.1 Å². The normalized spacial score (nSPS) is 14.6. The summed E-state index contributed by atoms with van der Waals surface area (Å²) in [5.74, 6) is -1.15. The second-order valence-electron chi connectivity index (χ2n) is 11.8. The van der Waals surface area contributed by atoms with Gasteiger partial charge in [0.25, 0.3) is 0 Å². The molecule has 1 N–H and O–H groups in total. The molecular weight excluding hydrogens is 566 g/mol. The average molecular weight is 614 g/mol. The van der Waals surface area contributed by atoms with Crippen LogP contribution in [0.2, 0.25) is 0 Å². The Kier molecular flexibility index (Phi) is 12.1. The van der Waals surface area contributed by atoms with Crippen LogP contribution in [0.25, 0.3) is 0 Å². The molecule has 7 nitrogen and oxygen atoms in total. The van der Waals surface area contributed by atoms with Crippen LogP contribution in [0, 0.1) is 5.92 Å². The van der Waals surface area contributed by atoms with Gasteiger partial charge in [-0.05, 0) is 81.8 Å². The minimum Gasteiger partial charge on any atom is -0.465 e. The number of carbonyl (C=O) groups excluding carboxylic acids is 3. The first-order valence-corrected chi connectivity index (χ1v) is 16.3. The Hall–Kier alpha value is -3.81. The van der Waals surface area contributed by atoms with Gasteiger partial charge in [-0.2, -0.15) is 0 Å². The average Bonchev–Trinajstić information content (AvgIpc) is 3.08. The van der Waals surface area contributed by atoms with Gasteiger partial charge in [-0.25, -0.2) is 0 Å². The Morgan fingerprint density at radius 1 is 0.756 bits per heavy atom. The zero-order chi connectivity index (χ0) is 32.3. The summed E-state index contributed by atoms with van der Waals surface area (Å²) in [6.45, 7) is 8.14. The predicted octanol–water partition coefficient (Wildman–Crippen LogP) is 6.46. The fraction of sp³-hybridized carbons (Fsp3) is 0.447. The van der Waals surface area contributed by atoms with Crippen LogP contribution in [0.1, 0.15) is 86.3 Å². The minimum absolute atomic E-state index is 0.0207. The van der Waals surface area contributed by atoms with Gasteiger partial charge in [0.15, 0.2) is 11.2 Å². The summed E-state index contributed by atoms with van der Waals surface area (Å²) in [5.41, 5.74) is 0.261. The molecule has 1 saturated heterocycles. The van der Waals surface area contributed by atoms with Crippen molar-refractivity contribution in [2.45, 2.75) is 70.3 Å². The minimum atomic E-state index is -1.55. The van der Waals surface area contributed by atoms with Crippen LogP contribution in [0.15, 0.2) is 84.9 Å². The fourth-order valence-corrected chi connectivity index (χ4v) is 6.70. The maximum absolute atomic E-state index is 13.1. The second-order valence-corrected chi connectivity index (χ2v) is 11.8. The number of carbonyl (C=O) groups is 3. The van der Waals surface area contributed by atoms with Gasteiger partial charge >= 0.3 is 11.9 Å². The molecule has 3 aromatic carbocycles. The van der Waals surface area contributed by atoms with Crippen molar-refractivity contribution < 1.29 is 29.0 Å². The number of likely N-dealkylation sites (tertiary alicyclic amines) is 1. The molecule has 0 unspecified atom stereocenters. The van der Waals surface area contributed by atoms with Crippen molar-refractivity contribution in [1.82, 2.24) is 4.90 Å². The molecule has 4 rings (SSSR count). The Labute approximate surface area is 267 Å². The molecular formula is C38H47NO6. The molecule has 0 spiro atoms. The van der Waals surface area contributed by atoms with E-state index in [9.17, 15) is 19.5 Å². The van der Waals surface area contributed by atoms with E-state index in [0.29, 0.717) is 24.0 Å². The smallest absolute Gasteiger partial charge is 0.328 e.